The second-order valence-corrected chi connectivity index (χ2v) is 6.24. The summed E-state index contributed by atoms with van der Waals surface area (Å²) in [6.07, 6.45) is -1.06. The van der Waals surface area contributed by atoms with E-state index in [0.717, 1.165) is 0 Å². The first-order chi connectivity index (χ1) is 12.6. The van der Waals surface area contributed by atoms with Crippen molar-refractivity contribution >= 4 is 29.2 Å². The van der Waals surface area contributed by atoms with E-state index in [1.54, 1.807) is 41.3 Å². The molecule has 1 fully saturated rings. The van der Waals surface area contributed by atoms with Gasteiger partial charge in [-0.25, -0.2) is 4.79 Å². The third-order valence-corrected chi connectivity index (χ3v) is 4.48. The van der Waals surface area contributed by atoms with E-state index < -0.39 is 12.1 Å². The van der Waals surface area contributed by atoms with E-state index in [9.17, 15) is 9.59 Å². The minimum Gasteiger partial charge on any atom is -0.444 e. The minimum atomic E-state index is -1.06. The Morgan fingerprint density at radius 2 is 1.77 bits per heavy atom. The summed E-state index contributed by atoms with van der Waals surface area (Å²) in [5.74, 6) is -0.978. The lowest BCUT2D eigenvalue weighted by Gasteiger charge is -2.30. The number of para-hydroxylation sites is 1. The Hall–Kier alpha value is -2.57. The highest BCUT2D eigenvalue weighted by atomic mass is 35.5. The number of carbonyl (C=O) groups is 2. The van der Waals surface area contributed by atoms with Crippen molar-refractivity contribution in [2.75, 3.05) is 32.0 Å². The van der Waals surface area contributed by atoms with Crippen molar-refractivity contribution in [2.45, 2.75) is 6.10 Å². The van der Waals surface area contributed by atoms with Gasteiger partial charge < -0.3 is 20.1 Å². The molecule has 1 aliphatic heterocycles. The molecule has 1 aliphatic rings. The molecule has 7 heteroatoms. The number of carbonyl (C=O) groups excluding carboxylic acids is 2. The number of hydrogen-bond acceptors (Lipinski definition) is 5. The van der Waals surface area contributed by atoms with Crippen LogP contribution in [0.5, 0.6) is 0 Å². The predicted molar refractivity (Wildman–Crippen MR) is 97.9 cm³/mol. The number of hydrogen-bond donors (Lipinski definition) is 1. The molecule has 136 valence electrons. The summed E-state index contributed by atoms with van der Waals surface area (Å²) in [6, 6.07) is 13.6. The third-order valence-electron chi connectivity index (χ3n) is 4.15. The average molecular weight is 375 g/mol. The molecule has 2 aromatic rings. The second-order valence-electron chi connectivity index (χ2n) is 5.83. The maximum atomic E-state index is 13.0. The number of amides is 1. The first-order valence-corrected chi connectivity index (χ1v) is 8.62. The molecule has 0 aromatic heterocycles. The van der Waals surface area contributed by atoms with Gasteiger partial charge in [-0.3, -0.25) is 4.79 Å². The summed E-state index contributed by atoms with van der Waals surface area (Å²) in [7, 11) is 0. The summed E-state index contributed by atoms with van der Waals surface area (Å²) in [4.78, 5) is 27.2. The summed E-state index contributed by atoms with van der Waals surface area (Å²) < 4.78 is 10.8. The van der Waals surface area contributed by atoms with Gasteiger partial charge in [-0.15, -0.1) is 0 Å². The van der Waals surface area contributed by atoms with Crippen molar-refractivity contribution in [1.29, 1.82) is 0 Å². The van der Waals surface area contributed by atoms with Gasteiger partial charge in [-0.1, -0.05) is 48.0 Å². The lowest BCUT2D eigenvalue weighted by atomic mass is 10.1. The van der Waals surface area contributed by atoms with Crippen molar-refractivity contribution in [3.8, 4) is 0 Å². The minimum absolute atomic E-state index is 0.129. The third kappa shape index (κ3) is 3.98. The van der Waals surface area contributed by atoms with Gasteiger partial charge in [0.05, 0.1) is 29.5 Å². The van der Waals surface area contributed by atoms with E-state index in [1.807, 2.05) is 6.07 Å². The lowest BCUT2D eigenvalue weighted by Crippen LogP contribution is -2.44. The van der Waals surface area contributed by atoms with Crippen LogP contribution in [0.3, 0.4) is 0 Å². The predicted octanol–water partition coefficient (Wildman–Crippen LogP) is 2.68. The van der Waals surface area contributed by atoms with E-state index >= 15 is 0 Å². The Morgan fingerprint density at radius 3 is 2.46 bits per heavy atom. The molecule has 0 radical (unpaired) electrons. The van der Waals surface area contributed by atoms with Crippen molar-refractivity contribution in [3.63, 3.8) is 0 Å². The van der Waals surface area contributed by atoms with E-state index in [2.05, 4.69) is 0 Å². The Bertz CT molecular complexity index is 791. The van der Waals surface area contributed by atoms with Gasteiger partial charge in [0.2, 0.25) is 6.10 Å². The van der Waals surface area contributed by atoms with Crippen molar-refractivity contribution in [3.05, 3.63) is 64.7 Å². The van der Waals surface area contributed by atoms with E-state index in [0.29, 0.717) is 31.9 Å². The highest BCUT2D eigenvalue weighted by molar-refractivity contribution is 6.33. The summed E-state index contributed by atoms with van der Waals surface area (Å²) in [6.45, 7) is 1.84. The average Bonchev–Trinajstić information content (AvgIpc) is 2.69. The van der Waals surface area contributed by atoms with Gasteiger partial charge >= 0.3 is 5.97 Å². The molecule has 1 atom stereocenters. The van der Waals surface area contributed by atoms with Crippen LogP contribution in [0, 0.1) is 0 Å². The van der Waals surface area contributed by atoms with Crippen LogP contribution < -0.4 is 5.73 Å². The van der Waals surface area contributed by atoms with Gasteiger partial charge in [0, 0.05) is 18.7 Å². The fraction of sp³-hybridized carbons (Fsp3) is 0.263. The quantitative estimate of drug-likeness (QED) is 0.657. The smallest absolute Gasteiger partial charge is 0.341 e. The number of nitrogen functional groups attached to an aromatic ring is 1. The van der Waals surface area contributed by atoms with Crippen LogP contribution in [0.15, 0.2) is 48.5 Å². The lowest BCUT2D eigenvalue weighted by molar-refractivity contribution is -0.145. The number of esters is 1. The molecule has 1 saturated heterocycles. The Morgan fingerprint density at radius 1 is 1.08 bits per heavy atom. The van der Waals surface area contributed by atoms with E-state index in [1.165, 1.54) is 6.07 Å². The standard InChI is InChI=1S/C19H19ClN2O4/c20-15-8-4-7-14(16(15)21)19(24)26-17(13-5-2-1-3-6-13)18(23)22-9-11-25-12-10-22/h1-8,17H,9-12,21H2. The molecule has 2 aromatic carbocycles. The highest BCUT2D eigenvalue weighted by Crippen LogP contribution is 2.27. The van der Waals surface area contributed by atoms with Crippen LogP contribution in [0.25, 0.3) is 0 Å². The van der Waals surface area contributed by atoms with E-state index in [4.69, 9.17) is 26.8 Å². The first-order valence-electron chi connectivity index (χ1n) is 8.24. The molecule has 1 unspecified atom stereocenters. The number of ether oxygens (including phenoxy) is 2. The first kappa shape index (κ1) is 18.2. The van der Waals surface area contributed by atoms with Crippen molar-refractivity contribution in [2.24, 2.45) is 0 Å². The molecule has 1 heterocycles. The van der Waals surface area contributed by atoms with Crippen LogP contribution in [-0.4, -0.2) is 43.1 Å². The van der Waals surface area contributed by atoms with Crippen molar-refractivity contribution in [1.82, 2.24) is 4.90 Å². The van der Waals surface area contributed by atoms with Crippen LogP contribution >= 0.6 is 11.6 Å². The highest BCUT2D eigenvalue weighted by Gasteiger charge is 2.31. The van der Waals surface area contributed by atoms with Crippen LogP contribution in [0.2, 0.25) is 5.02 Å². The largest absolute Gasteiger partial charge is 0.444 e. The number of halogens is 1. The zero-order valence-corrected chi connectivity index (χ0v) is 14.8. The molecular weight excluding hydrogens is 356 g/mol. The summed E-state index contributed by atoms with van der Waals surface area (Å²) in [5, 5.41) is 0.259. The topological polar surface area (TPSA) is 81.9 Å². The molecule has 1 amide bonds. The van der Waals surface area contributed by atoms with Crippen molar-refractivity contribution < 1.29 is 19.1 Å². The van der Waals surface area contributed by atoms with Gasteiger partial charge in [-0.2, -0.15) is 0 Å². The van der Waals surface area contributed by atoms with Crippen LogP contribution in [0.4, 0.5) is 5.69 Å². The molecule has 0 saturated carbocycles. The summed E-state index contributed by atoms with van der Waals surface area (Å²) in [5.41, 5.74) is 6.73. The number of nitrogens with zero attached hydrogens (tertiary/aromatic N) is 1. The zero-order valence-electron chi connectivity index (χ0n) is 14.1. The Balaban J connectivity index is 1.87. The maximum Gasteiger partial charge on any atom is 0.341 e. The molecule has 0 aliphatic carbocycles. The normalized spacial score (nSPS) is 15.3. The van der Waals surface area contributed by atoms with Crippen LogP contribution in [-0.2, 0) is 14.3 Å². The van der Waals surface area contributed by atoms with Gasteiger partial charge in [-0.05, 0) is 12.1 Å². The number of anilines is 1. The number of rotatable bonds is 4. The molecule has 2 N–H and O–H groups in total. The Kier molecular flexibility index (Phi) is 5.75. The van der Waals surface area contributed by atoms with E-state index in [-0.39, 0.29) is 22.2 Å². The molecule has 6 nitrogen and oxygen atoms in total. The molecule has 0 spiro atoms. The second kappa shape index (κ2) is 8.21. The summed E-state index contributed by atoms with van der Waals surface area (Å²) >= 11 is 5.97. The number of benzene rings is 2. The molecule has 0 bridgehead atoms. The number of morpholine rings is 1. The number of nitrogens with two attached hydrogens (primary N) is 1. The van der Waals surface area contributed by atoms with Crippen LogP contribution in [0.1, 0.15) is 22.0 Å². The molecule has 3 rings (SSSR count). The monoisotopic (exact) mass is 374 g/mol. The van der Waals surface area contributed by atoms with Gasteiger partial charge in [0.1, 0.15) is 0 Å². The SMILES string of the molecule is Nc1c(Cl)cccc1C(=O)OC(C(=O)N1CCOCC1)c1ccccc1. The van der Waals surface area contributed by atoms with Gasteiger partial charge in [0.15, 0.2) is 0 Å². The fourth-order valence-electron chi connectivity index (χ4n) is 2.72. The maximum absolute atomic E-state index is 13.0. The zero-order chi connectivity index (χ0) is 18.5. The fourth-order valence-corrected chi connectivity index (χ4v) is 2.90. The van der Waals surface area contributed by atoms with Gasteiger partial charge in [0.25, 0.3) is 5.91 Å². The molecular formula is C19H19ClN2O4. The Labute approximate surface area is 156 Å². The molecule has 26 heavy (non-hydrogen) atoms.